The van der Waals surface area contributed by atoms with E-state index in [1.807, 2.05) is 13.8 Å². The van der Waals surface area contributed by atoms with Crippen LogP contribution in [0.1, 0.15) is 34.1 Å². The van der Waals surface area contributed by atoms with Gasteiger partial charge < -0.3 is 0 Å². The Bertz CT molecular complexity index is 169. The van der Waals surface area contributed by atoms with Crippen molar-refractivity contribution in [1.29, 1.82) is 0 Å². The van der Waals surface area contributed by atoms with Crippen LogP contribution in [0.3, 0.4) is 0 Å². The highest BCUT2D eigenvalue weighted by Crippen LogP contribution is 2.13. The minimum atomic E-state index is -1.26. The normalized spacial score (nSPS) is 13.6. The van der Waals surface area contributed by atoms with E-state index in [9.17, 15) is 9.18 Å². The topological polar surface area (TPSA) is 17.1 Å². The van der Waals surface area contributed by atoms with Crippen molar-refractivity contribution in [3.8, 4) is 0 Å². The monoisotopic (exact) mass is 220 g/mol. The summed E-state index contributed by atoms with van der Waals surface area (Å²) < 4.78 is 13.2. The van der Waals surface area contributed by atoms with E-state index in [1.165, 1.54) is 11.8 Å². The minimum absolute atomic E-state index is 0.240. The van der Waals surface area contributed by atoms with Gasteiger partial charge in [-0.1, -0.05) is 27.7 Å². The summed E-state index contributed by atoms with van der Waals surface area (Å²) in [6.45, 7) is 8.06. The van der Waals surface area contributed by atoms with Gasteiger partial charge in [-0.05, 0) is 17.6 Å². The summed E-state index contributed by atoms with van der Waals surface area (Å²) in [7, 11) is 0. The fraction of sp³-hybridized carbons (Fsp3) is 0.909. The molecule has 0 aliphatic carbocycles. The molecule has 3 heteroatoms. The lowest BCUT2D eigenvalue weighted by Gasteiger charge is -2.09. The van der Waals surface area contributed by atoms with Crippen LogP contribution >= 0.6 is 11.8 Å². The zero-order valence-electron chi connectivity index (χ0n) is 9.55. The lowest BCUT2D eigenvalue weighted by molar-refractivity contribution is -0.123. The summed E-state index contributed by atoms with van der Waals surface area (Å²) in [4.78, 5) is 11.2. The molecule has 0 N–H and O–H groups in total. The summed E-state index contributed by atoms with van der Waals surface area (Å²) in [5.41, 5.74) is 0. The number of carbonyl (C=O) groups is 1. The molecule has 0 rings (SSSR count). The van der Waals surface area contributed by atoms with Gasteiger partial charge in [0.1, 0.15) is 0 Å². The molecule has 1 nitrogen and oxygen atoms in total. The molecule has 0 amide bonds. The third-order valence-electron chi connectivity index (χ3n) is 1.67. The molecule has 0 aromatic rings. The van der Waals surface area contributed by atoms with E-state index in [-0.39, 0.29) is 11.7 Å². The number of hydrogen-bond donors (Lipinski definition) is 0. The second-order valence-electron chi connectivity index (χ2n) is 4.46. The zero-order valence-corrected chi connectivity index (χ0v) is 10.4. The Balaban J connectivity index is 3.62. The van der Waals surface area contributed by atoms with Gasteiger partial charge in [0.15, 0.2) is 12.0 Å². The van der Waals surface area contributed by atoms with E-state index in [1.54, 1.807) is 0 Å². The van der Waals surface area contributed by atoms with Gasteiger partial charge >= 0.3 is 0 Å². The number of halogens is 1. The minimum Gasteiger partial charge on any atom is -0.296 e. The maximum atomic E-state index is 13.2. The molecular formula is C11H21FOS. The molecule has 0 heterocycles. The number of carbonyl (C=O) groups excluding carboxylic acids is 1. The molecule has 0 bridgehead atoms. The Morgan fingerprint density at radius 2 is 1.71 bits per heavy atom. The predicted molar refractivity (Wildman–Crippen MR) is 61.5 cm³/mol. The van der Waals surface area contributed by atoms with Gasteiger partial charge in [0.25, 0.3) is 0 Å². The highest BCUT2D eigenvalue weighted by molar-refractivity contribution is 7.99. The van der Waals surface area contributed by atoms with Gasteiger partial charge in [0.2, 0.25) is 0 Å². The van der Waals surface area contributed by atoms with E-state index in [2.05, 4.69) is 13.8 Å². The summed E-state index contributed by atoms with van der Waals surface area (Å²) in [6, 6.07) is 0. The number of hydrogen-bond acceptors (Lipinski definition) is 2. The first-order valence-corrected chi connectivity index (χ1v) is 6.33. The van der Waals surface area contributed by atoms with E-state index < -0.39 is 6.17 Å². The van der Waals surface area contributed by atoms with E-state index in [4.69, 9.17) is 0 Å². The Morgan fingerprint density at radius 1 is 1.14 bits per heavy atom. The fourth-order valence-electron chi connectivity index (χ4n) is 1.03. The summed E-state index contributed by atoms with van der Waals surface area (Å²) in [6.07, 6.45) is -0.898. The standard InChI is InChI=1S/C11H21FOS/c1-8(2)5-11(13)10(12)7-14-6-9(3)4/h8-10H,5-7H2,1-4H3. The molecule has 0 fully saturated rings. The molecular weight excluding hydrogens is 199 g/mol. The van der Waals surface area contributed by atoms with E-state index in [0.717, 1.165) is 5.75 Å². The number of alkyl halides is 1. The van der Waals surface area contributed by atoms with E-state index >= 15 is 0 Å². The van der Waals surface area contributed by atoms with Crippen molar-refractivity contribution >= 4 is 17.5 Å². The van der Waals surface area contributed by atoms with Gasteiger partial charge in [-0.25, -0.2) is 4.39 Å². The van der Waals surface area contributed by atoms with Gasteiger partial charge in [-0.15, -0.1) is 0 Å². The third kappa shape index (κ3) is 7.36. The first-order valence-electron chi connectivity index (χ1n) is 5.18. The molecule has 0 aromatic carbocycles. The predicted octanol–water partition coefficient (Wildman–Crippen LogP) is 3.33. The van der Waals surface area contributed by atoms with Crippen LogP contribution in [0.5, 0.6) is 0 Å². The van der Waals surface area contributed by atoms with Crippen LogP contribution in [0, 0.1) is 11.8 Å². The lowest BCUT2D eigenvalue weighted by Crippen LogP contribution is -2.20. The SMILES string of the molecule is CC(C)CSCC(F)C(=O)CC(C)C. The Hall–Kier alpha value is -0.0500. The second-order valence-corrected chi connectivity index (χ2v) is 5.54. The Morgan fingerprint density at radius 3 is 2.14 bits per heavy atom. The first-order chi connectivity index (χ1) is 6.43. The van der Waals surface area contributed by atoms with Crippen molar-refractivity contribution in [2.24, 2.45) is 11.8 Å². The van der Waals surface area contributed by atoms with Crippen LogP contribution < -0.4 is 0 Å². The van der Waals surface area contributed by atoms with Crippen LogP contribution in [-0.2, 0) is 4.79 Å². The van der Waals surface area contributed by atoms with Crippen LogP contribution in [0.25, 0.3) is 0 Å². The van der Waals surface area contributed by atoms with Crippen molar-refractivity contribution in [1.82, 2.24) is 0 Å². The fourth-order valence-corrected chi connectivity index (χ4v) is 2.03. The van der Waals surface area contributed by atoms with Crippen molar-refractivity contribution in [3.05, 3.63) is 0 Å². The van der Waals surface area contributed by atoms with Crippen LogP contribution in [0.2, 0.25) is 0 Å². The molecule has 14 heavy (non-hydrogen) atoms. The molecule has 84 valence electrons. The lowest BCUT2D eigenvalue weighted by atomic mass is 10.1. The quantitative estimate of drug-likeness (QED) is 0.654. The van der Waals surface area contributed by atoms with Gasteiger partial charge in [-0.3, -0.25) is 4.79 Å². The van der Waals surface area contributed by atoms with Crippen LogP contribution in [0.15, 0.2) is 0 Å². The number of ketones is 1. The number of rotatable bonds is 7. The maximum Gasteiger partial charge on any atom is 0.168 e. The Kier molecular flexibility index (Phi) is 7.24. The average molecular weight is 220 g/mol. The van der Waals surface area contributed by atoms with Gasteiger partial charge in [0.05, 0.1) is 0 Å². The number of thioether (sulfide) groups is 1. The van der Waals surface area contributed by atoms with Crippen LogP contribution in [-0.4, -0.2) is 23.5 Å². The summed E-state index contributed by atoms with van der Waals surface area (Å²) in [5.74, 6) is 1.83. The van der Waals surface area contributed by atoms with Gasteiger partial charge in [0, 0.05) is 12.2 Å². The molecule has 0 saturated heterocycles. The highest BCUT2D eigenvalue weighted by atomic mass is 32.2. The molecule has 0 radical (unpaired) electrons. The van der Waals surface area contributed by atoms with Crippen molar-refractivity contribution in [3.63, 3.8) is 0 Å². The maximum absolute atomic E-state index is 13.2. The molecule has 0 aromatic heterocycles. The first kappa shape index (κ1) is 13.9. The second kappa shape index (κ2) is 7.27. The summed E-state index contributed by atoms with van der Waals surface area (Å²) in [5, 5.41) is 0. The number of Topliss-reactive ketones (excluding diaryl/α,β-unsaturated/α-hetero) is 1. The van der Waals surface area contributed by atoms with Crippen molar-refractivity contribution in [2.45, 2.75) is 40.3 Å². The molecule has 0 aliphatic rings. The third-order valence-corrected chi connectivity index (χ3v) is 3.10. The highest BCUT2D eigenvalue weighted by Gasteiger charge is 2.17. The smallest absolute Gasteiger partial charge is 0.168 e. The molecule has 0 aliphatic heterocycles. The Labute approximate surface area is 90.8 Å². The molecule has 1 unspecified atom stereocenters. The van der Waals surface area contributed by atoms with Crippen LogP contribution in [0.4, 0.5) is 4.39 Å². The van der Waals surface area contributed by atoms with Gasteiger partial charge in [-0.2, -0.15) is 11.8 Å². The van der Waals surface area contributed by atoms with Crippen molar-refractivity contribution < 1.29 is 9.18 Å². The molecule has 1 atom stereocenters. The zero-order chi connectivity index (χ0) is 11.1. The molecule has 0 spiro atoms. The molecule has 0 saturated carbocycles. The average Bonchev–Trinajstić information content (AvgIpc) is 2.01. The van der Waals surface area contributed by atoms with Crippen molar-refractivity contribution in [2.75, 3.05) is 11.5 Å². The van der Waals surface area contributed by atoms with E-state index in [0.29, 0.717) is 18.1 Å². The largest absolute Gasteiger partial charge is 0.296 e. The summed E-state index contributed by atoms with van der Waals surface area (Å²) >= 11 is 1.53.